The Balaban J connectivity index is 1.33. The standard InChI is InChI=1S/C25H35N3O2/c1-24-11-7-18(29)15-17(24)3-4-19-20-5-6-22(25(20,2)12-8-21(19)24)27-28-23(30)16-9-13-26-14-10-16/h9-10,13-14,17-21,29H,3-8,11-12,15H2,1-2H3,(H,28,30)/t17-,18+,19+,20+,21-,24-,25+/m0/s1. The summed E-state index contributed by atoms with van der Waals surface area (Å²) >= 11 is 0. The van der Waals surface area contributed by atoms with E-state index in [1.807, 2.05) is 0 Å². The lowest BCUT2D eigenvalue weighted by Crippen LogP contribution is -2.54. The summed E-state index contributed by atoms with van der Waals surface area (Å²) in [6.45, 7) is 4.93. The van der Waals surface area contributed by atoms with Gasteiger partial charge in [0.25, 0.3) is 5.91 Å². The maximum atomic E-state index is 12.5. The molecule has 5 nitrogen and oxygen atoms in total. The summed E-state index contributed by atoms with van der Waals surface area (Å²) in [6, 6.07) is 3.44. The van der Waals surface area contributed by atoms with Gasteiger partial charge in [-0.05, 0) is 99.0 Å². The van der Waals surface area contributed by atoms with Crippen LogP contribution in [0, 0.1) is 34.5 Å². The van der Waals surface area contributed by atoms with Crippen LogP contribution in [0.5, 0.6) is 0 Å². The highest BCUT2D eigenvalue weighted by Crippen LogP contribution is 2.65. The van der Waals surface area contributed by atoms with Gasteiger partial charge in [0.2, 0.25) is 0 Å². The predicted octanol–water partition coefficient (Wildman–Crippen LogP) is 4.57. The second-order valence-electron chi connectivity index (χ2n) is 10.8. The number of carbonyl (C=O) groups excluding carboxylic acids is 1. The van der Waals surface area contributed by atoms with Crippen molar-refractivity contribution in [2.24, 2.45) is 39.6 Å². The normalized spacial score (nSPS) is 44.1. The number of nitrogens with zero attached hydrogens (tertiary/aromatic N) is 2. The van der Waals surface area contributed by atoms with Crippen molar-refractivity contribution < 1.29 is 9.90 Å². The number of carbonyl (C=O) groups is 1. The minimum Gasteiger partial charge on any atom is -0.393 e. The van der Waals surface area contributed by atoms with Gasteiger partial charge in [-0.1, -0.05) is 13.8 Å². The zero-order valence-electron chi connectivity index (χ0n) is 18.3. The van der Waals surface area contributed by atoms with Gasteiger partial charge >= 0.3 is 0 Å². The van der Waals surface area contributed by atoms with E-state index < -0.39 is 0 Å². The Hall–Kier alpha value is -1.75. The van der Waals surface area contributed by atoms with Gasteiger partial charge < -0.3 is 5.11 Å². The van der Waals surface area contributed by atoms with Crippen LogP contribution in [0.3, 0.4) is 0 Å². The van der Waals surface area contributed by atoms with Crippen molar-refractivity contribution in [2.75, 3.05) is 0 Å². The van der Waals surface area contributed by atoms with Crippen molar-refractivity contribution in [2.45, 2.75) is 77.7 Å². The average molecular weight is 410 g/mol. The fraction of sp³-hybridized carbons (Fsp3) is 0.720. The van der Waals surface area contributed by atoms with E-state index in [2.05, 4.69) is 29.4 Å². The van der Waals surface area contributed by atoms with Crippen LogP contribution in [-0.4, -0.2) is 27.8 Å². The van der Waals surface area contributed by atoms with Crippen LogP contribution in [0.15, 0.2) is 29.6 Å². The number of amides is 1. The molecule has 1 aromatic rings. The van der Waals surface area contributed by atoms with Gasteiger partial charge in [0, 0.05) is 29.1 Å². The summed E-state index contributed by atoms with van der Waals surface area (Å²) in [6.07, 6.45) is 13.6. The molecule has 162 valence electrons. The van der Waals surface area contributed by atoms with E-state index in [0.717, 1.165) is 31.1 Å². The first-order valence-electron chi connectivity index (χ1n) is 11.9. The highest BCUT2D eigenvalue weighted by molar-refractivity contribution is 5.97. The van der Waals surface area contributed by atoms with Crippen molar-refractivity contribution in [3.05, 3.63) is 30.1 Å². The second kappa shape index (κ2) is 7.44. The summed E-state index contributed by atoms with van der Waals surface area (Å²) < 4.78 is 0. The van der Waals surface area contributed by atoms with E-state index in [9.17, 15) is 9.90 Å². The molecule has 0 aromatic carbocycles. The van der Waals surface area contributed by atoms with E-state index in [-0.39, 0.29) is 17.4 Å². The minimum absolute atomic E-state index is 0.0808. The Morgan fingerprint density at radius 3 is 2.70 bits per heavy atom. The van der Waals surface area contributed by atoms with Gasteiger partial charge in [-0.15, -0.1) is 0 Å². The first-order valence-corrected chi connectivity index (χ1v) is 11.9. The topological polar surface area (TPSA) is 74.6 Å². The fourth-order valence-electron chi connectivity index (χ4n) is 7.89. The van der Waals surface area contributed by atoms with Crippen molar-refractivity contribution >= 4 is 11.6 Å². The molecular formula is C25H35N3O2. The van der Waals surface area contributed by atoms with Crippen LogP contribution < -0.4 is 5.43 Å². The van der Waals surface area contributed by atoms with Crippen LogP contribution in [0.1, 0.15) is 82.0 Å². The van der Waals surface area contributed by atoms with E-state index in [1.165, 1.54) is 44.2 Å². The smallest absolute Gasteiger partial charge is 0.271 e. The number of aliphatic hydroxyl groups is 1. The van der Waals surface area contributed by atoms with Gasteiger partial charge in [0.05, 0.1) is 6.10 Å². The number of rotatable bonds is 2. The van der Waals surface area contributed by atoms with Gasteiger partial charge in [-0.25, -0.2) is 5.43 Å². The van der Waals surface area contributed by atoms with Gasteiger partial charge in [-0.2, -0.15) is 5.10 Å². The third-order valence-electron chi connectivity index (χ3n) is 9.61. The molecule has 5 heteroatoms. The number of fused-ring (bicyclic) bond motifs is 5. The zero-order chi connectivity index (χ0) is 20.9. The third kappa shape index (κ3) is 3.12. The van der Waals surface area contributed by atoms with Crippen LogP contribution >= 0.6 is 0 Å². The highest BCUT2D eigenvalue weighted by atomic mass is 16.3. The zero-order valence-corrected chi connectivity index (χ0v) is 18.3. The summed E-state index contributed by atoms with van der Waals surface area (Å²) in [5.74, 6) is 2.77. The molecule has 4 aliphatic carbocycles. The summed E-state index contributed by atoms with van der Waals surface area (Å²) in [5, 5.41) is 14.9. The molecule has 4 aliphatic rings. The van der Waals surface area contributed by atoms with Gasteiger partial charge in [-0.3, -0.25) is 9.78 Å². The van der Waals surface area contributed by atoms with Crippen LogP contribution in [0.4, 0.5) is 0 Å². The molecule has 0 radical (unpaired) electrons. The third-order valence-corrected chi connectivity index (χ3v) is 9.61. The molecule has 2 N–H and O–H groups in total. The summed E-state index contributed by atoms with van der Waals surface area (Å²) in [7, 11) is 0. The first kappa shape index (κ1) is 20.2. The molecule has 0 aliphatic heterocycles. The lowest BCUT2D eigenvalue weighted by molar-refractivity contribution is -0.113. The maximum Gasteiger partial charge on any atom is 0.271 e. The van der Waals surface area contributed by atoms with Crippen LogP contribution in [0.25, 0.3) is 0 Å². The molecule has 1 aromatic heterocycles. The molecule has 0 unspecified atom stereocenters. The molecule has 4 saturated carbocycles. The van der Waals surface area contributed by atoms with Gasteiger partial charge in [0.1, 0.15) is 0 Å². The van der Waals surface area contributed by atoms with Crippen molar-refractivity contribution in [1.82, 2.24) is 10.4 Å². The minimum atomic E-state index is -0.153. The van der Waals surface area contributed by atoms with E-state index in [0.29, 0.717) is 22.8 Å². The lowest BCUT2D eigenvalue weighted by atomic mass is 9.45. The largest absolute Gasteiger partial charge is 0.393 e. The number of hydrazone groups is 1. The number of aromatic nitrogens is 1. The molecule has 0 spiro atoms. The molecule has 1 amide bonds. The van der Waals surface area contributed by atoms with Crippen molar-refractivity contribution in [1.29, 1.82) is 0 Å². The monoisotopic (exact) mass is 409 g/mol. The van der Waals surface area contributed by atoms with Crippen molar-refractivity contribution in [3.8, 4) is 0 Å². The van der Waals surface area contributed by atoms with Gasteiger partial charge in [0.15, 0.2) is 0 Å². The highest BCUT2D eigenvalue weighted by Gasteiger charge is 2.59. The SMILES string of the molecule is C[C@]12CC[C@@H](O)C[C@@H]1CC[C@@H]1[C@H]3CCC(=NNC(=O)c4ccncc4)[C@]3(C)CC[C@@H]12. The molecular weight excluding hydrogens is 374 g/mol. The number of aliphatic hydroxyl groups excluding tert-OH is 1. The average Bonchev–Trinajstić information content (AvgIpc) is 3.09. The Labute approximate surface area is 179 Å². The van der Waals surface area contributed by atoms with E-state index in [4.69, 9.17) is 0 Å². The number of hydrogen-bond acceptors (Lipinski definition) is 4. The summed E-state index contributed by atoms with van der Waals surface area (Å²) in [4.78, 5) is 16.4. The molecule has 7 atom stereocenters. The van der Waals surface area contributed by atoms with Crippen LogP contribution in [0.2, 0.25) is 0 Å². The second-order valence-corrected chi connectivity index (χ2v) is 10.8. The summed E-state index contributed by atoms with van der Waals surface area (Å²) in [5.41, 5.74) is 5.13. The number of hydrogen-bond donors (Lipinski definition) is 2. The lowest BCUT2D eigenvalue weighted by Gasteiger charge is -2.60. The Morgan fingerprint density at radius 2 is 1.90 bits per heavy atom. The molecule has 0 bridgehead atoms. The Kier molecular flexibility index (Phi) is 5.00. The Bertz CT molecular complexity index is 840. The maximum absolute atomic E-state index is 12.5. The van der Waals surface area contributed by atoms with E-state index >= 15 is 0 Å². The molecule has 0 saturated heterocycles. The quantitative estimate of drug-likeness (QED) is 0.703. The predicted molar refractivity (Wildman–Crippen MR) is 117 cm³/mol. The molecule has 5 rings (SSSR count). The molecule has 4 fully saturated rings. The first-order chi connectivity index (χ1) is 14.4. The fourth-order valence-corrected chi connectivity index (χ4v) is 7.89. The Morgan fingerprint density at radius 1 is 1.10 bits per heavy atom. The van der Waals surface area contributed by atoms with Crippen molar-refractivity contribution in [3.63, 3.8) is 0 Å². The number of pyridine rings is 1. The number of nitrogens with one attached hydrogen (secondary N) is 1. The molecule has 1 heterocycles. The molecule has 30 heavy (non-hydrogen) atoms. The van der Waals surface area contributed by atoms with E-state index in [1.54, 1.807) is 24.5 Å². The van der Waals surface area contributed by atoms with Crippen LogP contribution in [-0.2, 0) is 0 Å².